The molecule has 27 heavy (non-hydrogen) atoms. The van der Waals surface area contributed by atoms with E-state index in [1.165, 1.54) is 19.3 Å². The lowest BCUT2D eigenvalue weighted by Gasteiger charge is -2.35. The number of aromatic nitrogens is 1. The first kappa shape index (κ1) is 19.8. The van der Waals surface area contributed by atoms with Crippen molar-refractivity contribution in [2.24, 2.45) is 5.92 Å². The van der Waals surface area contributed by atoms with Gasteiger partial charge in [0.2, 0.25) is 11.8 Å². The molecule has 1 saturated carbocycles. The maximum Gasteiger partial charge on any atom is 0.239 e. The zero-order valence-corrected chi connectivity index (χ0v) is 16.4. The monoisotopic (exact) mass is 377 g/mol. The summed E-state index contributed by atoms with van der Waals surface area (Å²) >= 11 is 0. The lowest BCUT2D eigenvalue weighted by Crippen LogP contribution is -2.52. The van der Waals surface area contributed by atoms with Crippen LogP contribution in [-0.2, 0) is 9.59 Å². The second kappa shape index (κ2) is 9.32. The summed E-state index contributed by atoms with van der Waals surface area (Å²) < 4.78 is 4.94. The Hall–Kier alpha value is -1.93. The number of hydrogen-bond acceptors (Lipinski definition) is 6. The molecule has 8 heteroatoms. The van der Waals surface area contributed by atoms with Gasteiger partial charge in [-0.1, -0.05) is 24.9 Å². The van der Waals surface area contributed by atoms with Gasteiger partial charge in [-0.25, -0.2) is 0 Å². The van der Waals surface area contributed by atoms with Crippen LogP contribution in [0.15, 0.2) is 10.6 Å². The highest BCUT2D eigenvalue weighted by Gasteiger charge is 2.25. The maximum atomic E-state index is 12.3. The van der Waals surface area contributed by atoms with Gasteiger partial charge in [0.15, 0.2) is 5.82 Å². The minimum absolute atomic E-state index is 0.0965. The molecule has 2 amide bonds. The van der Waals surface area contributed by atoms with E-state index in [0.29, 0.717) is 36.6 Å². The first-order chi connectivity index (χ1) is 13.0. The number of nitrogens with one attached hydrogen (secondary N) is 2. The third-order valence-electron chi connectivity index (χ3n) is 5.55. The van der Waals surface area contributed by atoms with E-state index >= 15 is 0 Å². The zero-order chi connectivity index (χ0) is 19.2. The molecule has 0 aromatic carbocycles. The van der Waals surface area contributed by atoms with Crippen LogP contribution >= 0.6 is 0 Å². The molecule has 1 aromatic heterocycles. The van der Waals surface area contributed by atoms with Gasteiger partial charge < -0.3 is 15.2 Å². The van der Waals surface area contributed by atoms with Crippen LogP contribution in [0.25, 0.3) is 0 Å². The van der Waals surface area contributed by atoms with Gasteiger partial charge in [0.05, 0.1) is 13.1 Å². The molecule has 2 aliphatic rings. The Kier molecular flexibility index (Phi) is 6.84. The molecule has 0 bridgehead atoms. The minimum Gasteiger partial charge on any atom is -0.360 e. The average molecular weight is 377 g/mol. The van der Waals surface area contributed by atoms with Gasteiger partial charge in [-0.3, -0.25) is 19.4 Å². The van der Waals surface area contributed by atoms with Crippen molar-refractivity contribution in [1.29, 1.82) is 0 Å². The van der Waals surface area contributed by atoms with Crippen LogP contribution in [0.1, 0.15) is 38.4 Å². The van der Waals surface area contributed by atoms with Gasteiger partial charge in [-0.15, -0.1) is 0 Å². The summed E-state index contributed by atoms with van der Waals surface area (Å²) in [5.41, 5.74) is 0. The molecular weight excluding hydrogens is 346 g/mol. The number of aryl methyl sites for hydroxylation is 1. The molecule has 2 atom stereocenters. The summed E-state index contributed by atoms with van der Waals surface area (Å²) in [6.45, 7) is 7.93. The highest BCUT2D eigenvalue weighted by Crippen LogP contribution is 2.23. The largest absolute Gasteiger partial charge is 0.360 e. The van der Waals surface area contributed by atoms with E-state index in [-0.39, 0.29) is 11.8 Å². The van der Waals surface area contributed by atoms with Crippen molar-refractivity contribution >= 4 is 17.6 Å². The van der Waals surface area contributed by atoms with Crippen LogP contribution in [0.5, 0.6) is 0 Å². The number of carbonyl (C=O) groups excluding carboxylic acids is 2. The topological polar surface area (TPSA) is 90.7 Å². The van der Waals surface area contributed by atoms with E-state index in [4.69, 9.17) is 4.52 Å². The lowest BCUT2D eigenvalue weighted by atomic mass is 9.86. The van der Waals surface area contributed by atoms with E-state index in [9.17, 15) is 9.59 Å². The summed E-state index contributed by atoms with van der Waals surface area (Å²) in [6, 6.07) is 2.03. The zero-order valence-electron chi connectivity index (χ0n) is 16.4. The number of anilines is 1. The van der Waals surface area contributed by atoms with E-state index < -0.39 is 0 Å². The van der Waals surface area contributed by atoms with E-state index in [1.54, 1.807) is 13.0 Å². The fraction of sp³-hybridized carbons (Fsp3) is 0.737. The molecule has 0 unspecified atom stereocenters. The van der Waals surface area contributed by atoms with Crippen LogP contribution < -0.4 is 10.6 Å². The maximum absolute atomic E-state index is 12.3. The van der Waals surface area contributed by atoms with Gasteiger partial charge >= 0.3 is 0 Å². The summed E-state index contributed by atoms with van der Waals surface area (Å²) in [7, 11) is 0. The van der Waals surface area contributed by atoms with Crippen molar-refractivity contribution < 1.29 is 14.1 Å². The molecule has 0 spiro atoms. The van der Waals surface area contributed by atoms with Crippen LogP contribution in [0.4, 0.5) is 5.82 Å². The van der Waals surface area contributed by atoms with Crippen molar-refractivity contribution in [1.82, 2.24) is 20.3 Å². The van der Waals surface area contributed by atoms with Crippen molar-refractivity contribution in [3.05, 3.63) is 11.8 Å². The molecular formula is C19H31N5O3. The third-order valence-corrected chi connectivity index (χ3v) is 5.55. The van der Waals surface area contributed by atoms with E-state index in [0.717, 1.165) is 32.6 Å². The molecule has 3 rings (SSSR count). The summed E-state index contributed by atoms with van der Waals surface area (Å²) in [5, 5.41) is 9.72. The summed E-state index contributed by atoms with van der Waals surface area (Å²) in [4.78, 5) is 28.7. The predicted molar refractivity (Wildman–Crippen MR) is 102 cm³/mol. The number of carbonyl (C=O) groups is 2. The Bertz CT molecular complexity index is 639. The van der Waals surface area contributed by atoms with E-state index in [2.05, 4.69) is 32.5 Å². The Labute approximate surface area is 160 Å². The number of piperazine rings is 1. The first-order valence-corrected chi connectivity index (χ1v) is 9.97. The molecule has 1 aliphatic carbocycles. The Morgan fingerprint density at radius 1 is 1.11 bits per heavy atom. The Morgan fingerprint density at radius 2 is 1.74 bits per heavy atom. The lowest BCUT2D eigenvalue weighted by molar-refractivity contribution is -0.124. The molecule has 2 fully saturated rings. The predicted octanol–water partition coefficient (Wildman–Crippen LogP) is 1.23. The first-order valence-electron chi connectivity index (χ1n) is 9.97. The van der Waals surface area contributed by atoms with Gasteiger partial charge in [-0.05, 0) is 25.7 Å². The molecule has 8 nitrogen and oxygen atoms in total. The summed E-state index contributed by atoms with van der Waals surface area (Å²) in [5.74, 6) is 1.72. The summed E-state index contributed by atoms with van der Waals surface area (Å²) in [6.07, 6.45) is 4.80. The molecule has 0 radical (unpaired) electrons. The van der Waals surface area contributed by atoms with Crippen molar-refractivity contribution in [3.8, 4) is 0 Å². The molecule has 1 aliphatic heterocycles. The standard InChI is InChI=1S/C19H31N5O3/c1-14-5-3-4-6-16(14)20-18(25)12-23-7-9-24(10-8-23)13-19(26)21-17-11-15(2)27-22-17/h11,14,16H,3-10,12-13H2,1-2H3,(H,20,25)(H,21,22,26)/t14-,16+/m0/s1. The van der Waals surface area contributed by atoms with Crippen LogP contribution in [0.3, 0.4) is 0 Å². The molecule has 1 saturated heterocycles. The van der Waals surface area contributed by atoms with Crippen LogP contribution in [-0.4, -0.2) is 72.1 Å². The molecule has 150 valence electrons. The number of nitrogens with zero attached hydrogens (tertiary/aromatic N) is 3. The Morgan fingerprint density at radius 3 is 2.33 bits per heavy atom. The molecule has 2 heterocycles. The quantitative estimate of drug-likeness (QED) is 0.775. The van der Waals surface area contributed by atoms with E-state index in [1.807, 2.05) is 0 Å². The third kappa shape index (κ3) is 6.04. The normalized spacial score (nSPS) is 24.5. The van der Waals surface area contributed by atoms with Crippen molar-refractivity contribution in [2.45, 2.75) is 45.6 Å². The van der Waals surface area contributed by atoms with Gasteiger partial charge in [0.25, 0.3) is 0 Å². The SMILES string of the molecule is Cc1cc(NC(=O)CN2CCN(CC(=O)N[C@@H]3CCCC[C@@H]3C)CC2)no1. The fourth-order valence-corrected chi connectivity index (χ4v) is 3.90. The average Bonchev–Trinajstić information content (AvgIpc) is 3.03. The van der Waals surface area contributed by atoms with Gasteiger partial charge in [0.1, 0.15) is 5.76 Å². The fourth-order valence-electron chi connectivity index (χ4n) is 3.90. The van der Waals surface area contributed by atoms with Crippen molar-refractivity contribution in [3.63, 3.8) is 0 Å². The second-order valence-corrected chi connectivity index (χ2v) is 7.86. The minimum atomic E-state index is -0.0965. The van der Waals surface area contributed by atoms with Gasteiger partial charge in [-0.2, -0.15) is 0 Å². The highest BCUT2D eigenvalue weighted by atomic mass is 16.5. The van der Waals surface area contributed by atoms with Gasteiger partial charge in [0, 0.05) is 38.3 Å². The molecule has 2 N–H and O–H groups in total. The Balaban J connectivity index is 1.34. The van der Waals surface area contributed by atoms with Crippen molar-refractivity contribution in [2.75, 3.05) is 44.6 Å². The highest BCUT2D eigenvalue weighted by molar-refractivity contribution is 5.91. The van der Waals surface area contributed by atoms with Crippen LogP contribution in [0.2, 0.25) is 0 Å². The second-order valence-electron chi connectivity index (χ2n) is 7.86. The number of rotatable bonds is 6. The smallest absolute Gasteiger partial charge is 0.239 e. The number of amides is 2. The number of hydrogen-bond donors (Lipinski definition) is 2. The van der Waals surface area contributed by atoms with Crippen LogP contribution in [0, 0.1) is 12.8 Å². The molecule has 1 aromatic rings.